The molecule has 5 nitrogen and oxygen atoms in total. The number of nitrogens with one attached hydrogen (secondary N) is 1. The average Bonchev–Trinajstić information content (AvgIpc) is 2.27. The summed E-state index contributed by atoms with van der Waals surface area (Å²) >= 11 is 0. The van der Waals surface area contributed by atoms with Crippen LogP contribution < -0.4 is 11.3 Å². The number of carbonyl (C=O) groups is 1. The molecule has 1 amide bonds. The molecule has 0 rings (SSSR count). The van der Waals surface area contributed by atoms with Crippen molar-refractivity contribution in [3.8, 4) is 0 Å². The van der Waals surface area contributed by atoms with Crippen molar-refractivity contribution in [2.45, 2.75) is 32.8 Å². The fourth-order valence-corrected chi connectivity index (χ4v) is 1.47. The highest BCUT2D eigenvalue weighted by Gasteiger charge is 2.20. The van der Waals surface area contributed by atoms with Crippen LogP contribution in [0.15, 0.2) is 12.7 Å². The maximum atomic E-state index is 11.4. The van der Waals surface area contributed by atoms with Crippen molar-refractivity contribution in [1.82, 2.24) is 5.43 Å². The molecule has 17 heavy (non-hydrogen) atoms. The molecular weight excluding hydrogens is 220 g/mol. The van der Waals surface area contributed by atoms with Gasteiger partial charge in [0.15, 0.2) is 0 Å². The molecule has 5 heteroatoms. The highest BCUT2D eigenvalue weighted by Crippen LogP contribution is 2.12. The highest BCUT2D eigenvalue weighted by atomic mass is 16.5. The second-order valence-corrected chi connectivity index (χ2v) is 4.55. The first-order valence-electron chi connectivity index (χ1n) is 5.88. The second kappa shape index (κ2) is 9.15. The Labute approximate surface area is 103 Å². The van der Waals surface area contributed by atoms with Crippen LogP contribution in [0, 0.1) is 11.8 Å². The van der Waals surface area contributed by atoms with Gasteiger partial charge in [0.05, 0.1) is 12.7 Å². The Morgan fingerprint density at radius 2 is 2.18 bits per heavy atom. The third kappa shape index (κ3) is 7.90. The lowest BCUT2D eigenvalue weighted by Crippen LogP contribution is -2.37. The van der Waals surface area contributed by atoms with E-state index in [1.807, 2.05) is 13.8 Å². The molecule has 0 aliphatic heterocycles. The molecule has 0 aliphatic carbocycles. The van der Waals surface area contributed by atoms with Crippen molar-refractivity contribution in [3.63, 3.8) is 0 Å². The summed E-state index contributed by atoms with van der Waals surface area (Å²) in [4.78, 5) is 11.4. The van der Waals surface area contributed by atoms with Crippen LogP contribution >= 0.6 is 0 Å². The van der Waals surface area contributed by atoms with Gasteiger partial charge in [0, 0.05) is 12.5 Å². The van der Waals surface area contributed by atoms with Crippen LogP contribution in [-0.2, 0) is 9.53 Å². The molecule has 0 bridgehead atoms. The third-order valence-corrected chi connectivity index (χ3v) is 2.28. The number of carbonyl (C=O) groups excluding carboxylic acids is 1. The Balaban J connectivity index is 3.98. The van der Waals surface area contributed by atoms with Gasteiger partial charge < -0.3 is 9.84 Å². The number of aliphatic hydroxyl groups excluding tert-OH is 1. The quantitative estimate of drug-likeness (QED) is 0.240. The molecule has 0 saturated carbocycles. The zero-order valence-electron chi connectivity index (χ0n) is 10.7. The van der Waals surface area contributed by atoms with E-state index < -0.39 is 6.10 Å². The molecule has 4 N–H and O–H groups in total. The van der Waals surface area contributed by atoms with E-state index in [9.17, 15) is 9.90 Å². The van der Waals surface area contributed by atoms with Gasteiger partial charge in [-0.3, -0.25) is 10.2 Å². The van der Waals surface area contributed by atoms with E-state index in [0.717, 1.165) is 0 Å². The highest BCUT2D eigenvalue weighted by molar-refractivity contribution is 5.78. The first-order chi connectivity index (χ1) is 8.01. The van der Waals surface area contributed by atoms with Crippen LogP contribution in [0.5, 0.6) is 0 Å². The minimum Gasteiger partial charge on any atom is -0.391 e. The molecule has 100 valence electrons. The van der Waals surface area contributed by atoms with E-state index in [1.54, 1.807) is 6.08 Å². The number of rotatable bonds is 9. The van der Waals surface area contributed by atoms with Crippen LogP contribution in [0.3, 0.4) is 0 Å². The van der Waals surface area contributed by atoms with E-state index in [4.69, 9.17) is 10.6 Å². The lowest BCUT2D eigenvalue weighted by Gasteiger charge is -2.18. The molecule has 0 spiro atoms. The van der Waals surface area contributed by atoms with Crippen LogP contribution in [0.2, 0.25) is 0 Å². The fraction of sp³-hybridized carbons (Fsp3) is 0.750. The van der Waals surface area contributed by atoms with Crippen molar-refractivity contribution in [2.24, 2.45) is 17.7 Å². The first kappa shape index (κ1) is 16.1. The Morgan fingerprint density at radius 3 is 2.65 bits per heavy atom. The van der Waals surface area contributed by atoms with Gasteiger partial charge in [0.2, 0.25) is 5.91 Å². The zero-order chi connectivity index (χ0) is 13.3. The molecule has 0 radical (unpaired) electrons. The van der Waals surface area contributed by atoms with Gasteiger partial charge in [-0.2, -0.15) is 0 Å². The number of nitrogens with two attached hydrogens (primary N) is 1. The van der Waals surface area contributed by atoms with Crippen molar-refractivity contribution >= 4 is 5.91 Å². The molecule has 0 fully saturated rings. The molecule has 0 aliphatic rings. The van der Waals surface area contributed by atoms with Gasteiger partial charge in [0.25, 0.3) is 0 Å². The average molecular weight is 244 g/mol. The standard InChI is InChI=1S/C12H24N2O3/c1-4-5-10(12(16)14-13)6-11(15)8-17-7-9(2)3/h4,9-11,15H,1,5-8,13H2,2-3H3,(H,14,16)/t10-,11-/m0/s1. The van der Waals surface area contributed by atoms with Crippen molar-refractivity contribution in [2.75, 3.05) is 13.2 Å². The van der Waals surface area contributed by atoms with E-state index in [2.05, 4.69) is 12.0 Å². The van der Waals surface area contributed by atoms with Crippen molar-refractivity contribution in [3.05, 3.63) is 12.7 Å². The number of hydrogen-bond acceptors (Lipinski definition) is 4. The summed E-state index contributed by atoms with van der Waals surface area (Å²) in [5.41, 5.74) is 2.09. The van der Waals surface area contributed by atoms with Crippen molar-refractivity contribution in [1.29, 1.82) is 0 Å². The predicted molar refractivity (Wildman–Crippen MR) is 66.9 cm³/mol. The topological polar surface area (TPSA) is 84.6 Å². The number of hydrogen-bond donors (Lipinski definition) is 3. The molecule has 0 aromatic rings. The SMILES string of the molecule is C=CC[C@@H](C[C@H](O)COCC(C)C)C(=O)NN. The van der Waals surface area contributed by atoms with Crippen LogP contribution in [-0.4, -0.2) is 30.3 Å². The lowest BCUT2D eigenvalue weighted by atomic mass is 9.97. The minimum absolute atomic E-state index is 0.240. The molecule has 0 unspecified atom stereocenters. The fourth-order valence-electron chi connectivity index (χ4n) is 1.47. The molecule has 0 aromatic carbocycles. The van der Waals surface area contributed by atoms with Gasteiger partial charge in [-0.25, -0.2) is 5.84 Å². The molecule has 2 atom stereocenters. The summed E-state index contributed by atoms with van der Waals surface area (Å²) in [7, 11) is 0. The maximum Gasteiger partial charge on any atom is 0.237 e. The van der Waals surface area contributed by atoms with Crippen LogP contribution in [0.4, 0.5) is 0 Å². The molecule has 0 aromatic heterocycles. The summed E-state index contributed by atoms with van der Waals surface area (Å²) in [6, 6.07) is 0. The van der Waals surface area contributed by atoms with E-state index >= 15 is 0 Å². The van der Waals surface area contributed by atoms with Gasteiger partial charge in [-0.1, -0.05) is 19.9 Å². The van der Waals surface area contributed by atoms with Gasteiger partial charge in [0.1, 0.15) is 0 Å². The Hall–Kier alpha value is -0.910. The monoisotopic (exact) mass is 244 g/mol. The lowest BCUT2D eigenvalue weighted by molar-refractivity contribution is -0.126. The number of allylic oxidation sites excluding steroid dienone is 1. The van der Waals surface area contributed by atoms with Gasteiger partial charge in [-0.05, 0) is 18.8 Å². The zero-order valence-corrected chi connectivity index (χ0v) is 10.7. The Bertz CT molecular complexity index is 232. The molecular formula is C12H24N2O3. The van der Waals surface area contributed by atoms with Crippen LogP contribution in [0.25, 0.3) is 0 Å². The molecule has 0 saturated heterocycles. The maximum absolute atomic E-state index is 11.4. The smallest absolute Gasteiger partial charge is 0.237 e. The summed E-state index contributed by atoms with van der Waals surface area (Å²) < 4.78 is 5.31. The largest absolute Gasteiger partial charge is 0.391 e. The van der Waals surface area contributed by atoms with E-state index in [-0.39, 0.29) is 18.4 Å². The first-order valence-corrected chi connectivity index (χ1v) is 5.88. The van der Waals surface area contributed by atoms with Crippen molar-refractivity contribution < 1.29 is 14.6 Å². The Kier molecular flexibility index (Phi) is 8.66. The summed E-state index contributed by atoms with van der Waals surface area (Å²) in [6.07, 6.45) is 1.80. The van der Waals surface area contributed by atoms with E-state index in [1.165, 1.54) is 0 Å². The number of ether oxygens (including phenoxy) is 1. The van der Waals surface area contributed by atoms with E-state index in [0.29, 0.717) is 25.4 Å². The summed E-state index contributed by atoms with van der Waals surface area (Å²) in [5, 5.41) is 9.72. The van der Waals surface area contributed by atoms with Gasteiger partial charge in [-0.15, -0.1) is 6.58 Å². The summed E-state index contributed by atoms with van der Waals surface area (Å²) in [5.74, 6) is 4.87. The third-order valence-electron chi connectivity index (χ3n) is 2.28. The van der Waals surface area contributed by atoms with Crippen LogP contribution in [0.1, 0.15) is 26.7 Å². The number of hydrazine groups is 1. The normalized spacial score (nSPS) is 14.4. The summed E-state index contributed by atoms with van der Waals surface area (Å²) in [6.45, 7) is 8.49. The predicted octanol–water partition coefficient (Wildman–Crippen LogP) is 0.592. The number of amides is 1. The second-order valence-electron chi connectivity index (χ2n) is 4.55. The number of aliphatic hydroxyl groups is 1. The Morgan fingerprint density at radius 1 is 1.53 bits per heavy atom. The minimum atomic E-state index is -0.656. The molecule has 0 heterocycles. The van der Waals surface area contributed by atoms with Gasteiger partial charge >= 0.3 is 0 Å².